The highest BCUT2D eigenvalue weighted by Crippen LogP contribution is 2.26. The first-order valence-corrected chi connectivity index (χ1v) is 10.8. The van der Waals surface area contributed by atoms with Gasteiger partial charge in [-0.05, 0) is 30.7 Å². The number of anilines is 1. The van der Waals surface area contributed by atoms with E-state index in [4.69, 9.17) is 14.2 Å². The maximum atomic E-state index is 12.0. The lowest BCUT2D eigenvalue weighted by Gasteiger charge is -2.12. The monoisotopic (exact) mass is 421 g/mol. The molecule has 2 aromatic rings. The fourth-order valence-corrected chi connectivity index (χ4v) is 3.15. The van der Waals surface area contributed by atoms with Crippen LogP contribution >= 0.6 is 0 Å². The second kappa shape index (κ2) is 10.5. The molecule has 0 aromatic heterocycles. The first-order chi connectivity index (χ1) is 13.8. The van der Waals surface area contributed by atoms with E-state index in [1.165, 1.54) is 12.1 Å². The van der Waals surface area contributed by atoms with Gasteiger partial charge < -0.3 is 19.5 Å². The zero-order valence-corrected chi connectivity index (χ0v) is 17.0. The van der Waals surface area contributed by atoms with Crippen molar-refractivity contribution >= 4 is 27.4 Å². The van der Waals surface area contributed by atoms with Crippen LogP contribution in [0.1, 0.15) is 13.3 Å². The van der Waals surface area contributed by atoms with Crippen molar-refractivity contribution in [3.05, 3.63) is 48.5 Å². The largest absolute Gasteiger partial charge is 0.490 e. The van der Waals surface area contributed by atoms with Crippen molar-refractivity contribution < 1.29 is 32.2 Å². The van der Waals surface area contributed by atoms with Crippen molar-refractivity contribution in [3.8, 4) is 11.5 Å². The van der Waals surface area contributed by atoms with E-state index in [9.17, 15) is 18.0 Å². The number of hydrogen-bond acceptors (Lipinski definition) is 7. The number of rotatable bonds is 10. The summed E-state index contributed by atoms with van der Waals surface area (Å²) >= 11 is 0. The second-order valence-corrected chi connectivity index (χ2v) is 8.05. The molecule has 0 aliphatic carbocycles. The topological polar surface area (TPSA) is 108 Å². The van der Waals surface area contributed by atoms with Crippen molar-refractivity contribution in [2.24, 2.45) is 0 Å². The molecular weight excluding hydrogens is 398 g/mol. The van der Waals surface area contributed by atoms with Gasteiger partial charge in [0.25, 0.3) is 5.91 Å². The van der Waals surface area contributed by atoms with Gasteiger partial charge in [-0.1, -0.05) is 31.2 Å². The molecule has 2 aromatic carbocycles. The van der Waals surface area contributed by atoms with Crippen LogP contribution < -0.4 is 14.8 Å². The Labute approximate surface area is 169 Å². The van der Waals surface area contributed by atoms with Gasteiger partial charge in [-0.2, -0.15) is 0 Å². The highest BCUT2D eigenvalue weighted by atomic mass is 32.2. The summed E-state index contributed by atoms with van der Waals surface area (Å²) in [5.74, 6) is -0.510. The minimum Gasteiger partial charge on any atom is -0.490 e. The minimum atomic E-state index is -3.51. The maximum Gasteiger partial charge on any atom is 0.344 e. The van der Waals surface area contributed by atoms with Gasteiger partial charge in [0.05, 0.1) is 17.2 Å². The molecule has 0 saturated heterocycles. The summed E-state index contributed by atoms with van der Waals surface area (Å²) in [4.78, 5) is 23.8. The summed E-state index contributed by atoms with van der Waals surface area (Å²) in [6, 6.07) is 12.9. The van der Waals surface area contributed by atoms with Gasteiger partial charge >= 0.3 is 5.97 Å². The number of benzene rings is 2. The zero-order valence-electron chi connectivity index (χ0n) is 16.2. The fourth-order valence-electron chi connectivity index (χ4n) is 2.30. The van der Waals surface area contributed by atoms with E-state index in [1.807, 2.05) is 6.92 Å². The lowest BCUT2D eigenvalue weighted by atomic mass is 10.3. The number of ether oxygens (including phenoxy) is 3. The molecule has 0 unspecified atom stereocenters. The molecule has 0 heterocycles. The SMILES string of the molecule is CCCOc1ccccc1OCC(=O)OCC(=O)Nc1ccccc1S(C)(=O)=O. The van der Waals surface area contributed by atoms with E-state index in [0.717, 1.165) is 12.7 Å². The van der Waals surface area contributed by atoms with Crippen LogP contribution in [-0.4, -0.2) is 46.4 Å². The molecule has 156 valence electrons. The number of hydrogen-bond donors (Lipinski definition) is 1. The highest BCUT2D eigenvalue weighted by Gasteiger charge is 2.16. The van der Waals surface area contributed by atoms with Crippen molar-refractivity contribution in [1.82, 2.24) is 0 Å². The molecule has 1 amide bonds. The summed E-state index contributed by atoms with van der Waals surface area (Å²) in [6.45, 7) is 1.51. The smallest absolute Gasteiger partial charge is 0.344 e. The average Bonchev–Trinajstić information content (AvgIpc) is 2.69. The molecule has 0 radical (unpaired) electrons. The predicted octanol–water partition coefficient (Wildman–Crippen LogP) is 2.44. The lowest BCUT2D eigenvalue weighted by Crippen LogP contribution is -2.24. The highest BCUT2D eigenvalue weighted by molar-refractivity contribution is 7.90. The standard InChI is InChI=1S/C20H23NO7S/c1-3-12-26-16-9-5-6-10-17(16)27-14-20(23)28-13-19(22)21-15-8-4-7-11-18(15)29(2,24)25/h4-11H,3,12-14H2,1-2H3,(H,21,22). The minimum absolute atomic E-state index is 0.0216. The van der Waals surface area contributed by atoms with E-state index >= 15 is 0 Å². The van der Waals surface area contributed by atoms with Crippen molar-refractivity contribution in [1.29, 1.82) is 0 Å². The number of carbonyl (C=O) groups is 2. The molecule has 0 saturated carbocycles. The zero-order chi connectivity index (χ0) is 21.3. The third-order valence-corrected chi connectivity index (χ3v) is 4.74. The summed E-state index contributed by atoms with van der Waals surface area (Å²) < 4.78 is 39.3. The molecule has 0 atom stereocenters. The number of sulfone groups is 1. The summed E-state index contributed by atoms with van der Waals surface area (Å²) in [6.07, 6.45) is 1.87. The average molecular weight is 421 g/mol. The number of carbonyl (C=O) groups excluding carboxylic acids is 2. The van der Waals surface area contributed by atoms with Crippen molar-refractivity contribution in [2.75, 3.05) is 31.4 Å². The van der Waals surface area contributed by atoms with E-state index in [0.29, 0.717) is 18.1 Å². The van der Waals surface area contributed by atoms with Gasteiger partial charge in [-0.15, -0.1) is 0 Å². The van der Waals surface area contributed by atoms with Crippen molar-refractivity contribution in [3.63, 3.8) is 0 Å². The predicted molar refractivity (Wildman–Crippen MR) is 107 cm³/mol. The Bertz CT molecular complexity index is 957. The molecule has 0 fully saturated rings. The molecule has 2 rings (SSSR count). The molecule has 0 bridgehead atoms. The van der Waals surface area contributed by atoms with Crippen LogP contribution in [0.4, 0.5) is 5.69 Å². The molecule has 1 N–H and O–H groups in total. The maximum absolute atomic E-state index is 12.0. The van der Waals surface area contributed by atoms with E-state index in [1.54, 1.807) is 36.4 Å². The van der Waals surface area contributed by atoms with Crippen LogP contribution in [0.15, 0.2) is 53.4 Å². The number of amides is 1. The van der Waals surface area contributed by atoms with Crippen LogP contribution in [0.2, 0.25) is 0 Å². The Morgan fingerprint density at radius 3 is 2.21 bits per heavy atom. The first kappa shape index (κ1) is 22.2. The van der Waals surface area contributed by atoms with Crippen LogP contribution in [0.25, 0.3) is 0 Å². The molecule has 0 aliphatic heterocycles. The van der Waals surface area contributed by atoms with Crippen LogP contribution in [-0.2, 0) is 24.2 Å². The van der Waals surface area contributed by atoms with Crippen molar-refractivity contribution in [2.45, 2.75) is 18.2 Å². The normalized spacial score (nSPS) is 10.8. The molecule has 29 heavy (non-hydrogen) atoms. The third kappa shape index (κ3) is 7.11. The van der Waals surface area contributed by atoms with Gasteiger partial charge in [-0.25, -0.2) is 13.2 Å². The van der Waals surface area contributed by atoms with Crippen LogP contribution in [0, 0.1) is 0 Å². The Hall–Kier alpha value is -3.07. The molecule has 0 spiro atoms. The Kier molecular flexibility index (Phi) is 8.02. The van der Waals surface area contributed by atoms with Gasteiger partial charge in [0.2, 0.25) is 0 Å². The van der Waals surface area contributed by atoms with E-state index in [-0.39, 0.29) is 10.6 Å². The Morgan fingerprint density at radius 2 is 1.55 bits per heavy atom. The quantitative estimate of drug-likeness (QED) is 0.587. The Balaban J connectivity index is 1.85. The van der Waals surface area contributed by atoms with Gasteiger partial charge in [0.15, 0.2) is 34.6 Å². The summed E-state index contributed by atoms with van der Waals surface area (Å²) in [5.41, 5.74) is 0.120. The van der Waals surface area contributed by atoms with E-state index < -0.39 is 34.9 Å². The van der Waals surface area contributed by atoms with Gasteiger partial charge in [0.1, 0.15) is 0 Å². The molecule has 9 heteroatoms. The van der Waals surface area contributed by atoms with Gasteiger partial charge in [0, 0.05) is 6.26 Å². The second-order valence-electron chi connectivity index (χ2n) is 6.06. The number of para-hydroxylation sites is 3. The molecular formula is C20H23NO7S. The first-order valence-electron chi connectivity index (χ1n) is 8.90. The fraction of sp³-hybridized carbons (Fsp3) is 0.300. The third-order valence-electron chi connectivity index (χ3n) is 3.58. The van der Waals surface area contributed by atoms with Crippen LogP contribution in [0.5, 0.6) is 11.5 Å². The summed E-state index contributed by atoms with van der Waals surface area (Å²) in [5, 5.41) is 2.42. The van der Waals surface area contributed by atoms with Gasteiger partial charge in [-0.3, -0.25) is 4.79 Å². The van der Waals surface area contributed by atoms with Crippen LogP contribution in [0.3, 0.4) is 0 Å². The molecule has 8 nitrogen and oxygen atoms in total. The Morgan fingerprint density at radius 1 is 0.931 bits per heavy atom. The molecule has 0 aliphatic rings. The summed E-state index contributed by atoms with van der Waals surface area (Å²) in [7, 11) is -3.51. The van der Waals surface area contributed by atoms with E-state index in [2.05, 4.69) is 5.32 Å². The lowest BCUT2D eigenvalue weighted by molar-refractivity contribution is -0.149. The number of nitrogens with one attached hydrogen (secondary N) is 1. The number of esters is 1.